The maximum absolute atomic E-state index is 11.4. The number of hydrogen-bond acceptors (Lipinski definition) is 5. The number of ether oxygens (including phenoxy) is 3. The fourth-order valence-corrected chi connectivity index (χ4v) is 2.75. The Labute approximate surface area is 134 Å². The van der Waals surface area contributed by atoms with Gasteiger partial charge >= 0.3 is 0 Å². The fraction of sp³-hybridized carbons (Fsp3) is 0.333. The van der Waals surface area contributed by atoms with Crippen LogP contribution in [0.15, 0.2) is 36.1 Å². The number of allylic oxidation sites excluding steroid dienone is 2. The molecular formula is C18H17NO4. The lowest BCUT2D eigenvalue weighted by Gasteiger charge is -2.33. The van der Waals surface area contributed by atoms with Gasteiger partial charge in [-0.3, -0.25) is 4.79 Å². The number of nitrogens with zero attached hydrogens (tertiary/aromatic N) is 1. The van der Waals surface area contributed by atoms with Gasteiger partial charge in [0.15, 0.2) is 11.4 Å². The molecule has 0 amide bonds. The van der Waals surface area contributed by atoms with Crippen molar-refractivity contribution < 1.29 is 19.0 Å². The highest BCUT2D eigenvalue weighted by Gasteiger charge is 2.33. The SMILES string of the molecule is COCC1(C)C=C(OC2=CC(=O)CC2)c2cc(C#N)ccc2O1. The van der Waals surface area contributed by atoms with Crippen LogP contribution in [-0.4, -0.2) is 25.1 Å². The Morgan fingerprint density at radius 3 is 2.87 bits per heavy atom. The van der Waals surface area contributed by atoms with Gasteiger partial charge < -0.3 is 14.2 Å². The van der Waals surface area contributed by atoms with Gasteiger partial charge in [0.25, 0.3) is 0 Å². The summed E-state index contributed by atoms with van der Waals surface area (Å²) >= 11 is 0. The van der Waals surface area contributed by atoms with Crippen molar-refractivity contribution in [2.45, 2.75) is 25.4 Å². The second-order valence-corrected chi connectivity index (χ2v) is 5.86. The first kappa shape index (κ1) is 15.3. The van der Waals surface area contributed by atoms with E-state index < -0.39 is 5.60 Å². The number of benzene rings is 1. The van der Waals surface area contributed by atoms with E-state index in [1.807, 2.05) is 13.0 Å². The lowest BCUT2D eigenvalue weighted by molar-refractivity contribution is -0.114. The van der Waals surface area contributed by atoms with Gasteiger partial charge in [0, 0.05) is 32.1 Å². The highest BCUT2D eigenvalue weighted by Crippen LogP contribution is 2.39. The van der Waals surface area contributed by atoms with E-state index in [4.69, 9.17) is 19.5 Å². The van der Waals surface area contributed by atoms with Crippen molar-refractivity contribution in [3.8, 4) is 11.8 Å². The van der Waals surface area contributed by atoms with E-state index in [2.05, 4.69) is 6.07 Å². The summed E-state index contributed by atoms with van der Waals surface area (Å²) in [4.78, 5) is 11.4. The molecule has 118 valence electrons. The summed E-state index contributed by atoms with van der Waals surface area (Å²) < 4.78 is 17.2. The predicted octanol–water partition coefficient (Wildman–Crippen LogP) is 2.96. The minimum Gasteiger partial charge on any atom is -0.480 e. The van der Waals surface area contributed by atoms with E-state index in [1.165, 1.54) is 6.08 Å². The Morgan fingerprint density at radius 2 is 2.22 bits per heavy atom. The Morgan fingerprint density at radius 1 is 1.39 bits per heavy atom. The summed E-state index contributed by atoms with van der Waals surface area (Å²) in [5.41, 5.74) is 0.556. The zero-order valence-electron chi connectivity index (χ0n) is 13.1. The molecule has 0 saturated carbocycles. The largest absolute Gasteiger partial charge is 0.480 e. The number of methoxy groups -OCH3 is 1. The molecule has 0 spiro atoms. The van der Waals surface area contributed by atoms with Crippen LogP contribution in [0.4, 0.5) is 0 Å². The van der Waals surface area contributed by atoms with Crippen molar-refractivity contribution in [2.24, 2.45) is 0 Å². The summed E-state index contributed by atoms with van der Waals surface area (Å²) in [7, 11) is 1.61. The monoisotopic (exact) mass is 311 g/mol. The topological polar surface area (TPSA) is 68.5 Å². The number of ketones is 1. The number of nitriles is 1. The average Bonchev–Trinajstić information content (AvgIpc) is 2.92. The van der Waals surface area contributed by atoms with Gasteiger partial charge in [-0.1, -0.05) is 0 Å². The zero-order chi connectivity index (χ0) is 16.4. The van der Waals surface area contributed by atoms with Crippen molar-refractivity contribution in [3.63, 3.8) is 0 Å². The number of hydrogen-bond donors (Lipinski definition) is 0. The third-order valence-electron chi connectivity index (χ3n) is 3.77. The summed E-state index contributed by atoms with van der Waals surface area (Å²) in [6, 6.07) is 7.30. The van der Waals surface area contributed by atoms with Crippen LogP contribution < -0.4 is 4.74 Å². The molecule has 1 atom stereocenters. The molecule has 0 radical (unpaired) electrons. The minimum absolute atomic E-state index is 0.0679. The van der Waals surface area contributed by atoms with E-state index in [-0.39, 0.29) is 5.78 Å². The molecule has 2 aliphatic rings. The molecule has 0 N–H and O–H groups in total. The normalized spacial score (nSPS) is 22.6. The molecule has 5 nitrogen and oxygen atoms in total. The molecule has 1 aliphatic carbocycles. The van der Waals surface area contributed by atoms with Crippen LogP contribution >= 0.6 is 0 Å². The van der Waals surface area contributed by atoms with E-state index in [0.29, 0.717) is 47.8 Å². The van der Waals surface area contributed by atoms with Crippen molar-refractivity contribution in [2.75, 3.05) is 13.7 Å². The molecule has 1 aromatic rings. The predicted molar refractivity (Wildman–Crippen MR) is 83.5 cm³/mol. The lowest BCUT2D eigenvalue weighted by atomic mass is 9.98. The first-order chi connectivity index (χ1) is 11.0. The highest BCUT2D eigenvalue weighted by atomic mass is 16.5. The molecule has 1 unspecified atom stereocenters. The van der Waals surface area contributed by atoms with Gasteiger partial charge in [0.2, 0.25) is 0 Å². The number of fused-ring (bicyclic) bond motifs is 1. The molecule has 0 saturated heterocycles. The Balaban J connectivity index is 2.01. The van der Waals surface area contributed by atoms with Gasteiger partial charge in [0.05, 0.1) is 23.8 Å². The molecule has 1 aromatic carbocycles. The molecular weight excluding hydrogens is 294 g/mol. The first-order valence-corrected chi connectivity index (χ1v) is 7.39. The van der Waals surface area contributed by atoms with Crippen LogP contribution in [0.25, 0.3) is 5.76 Å². The summed E-state index contributed by atoms with van der Waals surface area (Å²) in [6.45, 7) is 2.26. The fourth-order valence-electron chi connectivity index (χ4n) is 2.75. The van der Waals surface area contributed by atoms with E-state index in [1.54, 1.807) is 25.3 Å². The maximum Gasteiger partial charge on any atom is 0.159 e. The highest BCUT2D eigenvalue weighted by molar-refractivity contribution is 5.92. The van der Waals surface area contributed by atoms with Gasteiger partial charge in [-0.15, -0.1) is 0 Å². The number of carbonyl (C=O) groups is 1. The third kappa shape index (κ3) is 3.13. The molecule has 0 aromatic heterocycles. The maximum atomic E-state index is 11.4. The van der Waals surface area contributed by atoms with Crippen molar-refractivity contribution >= 4 is 11.5 Å². The number of carbonyl (C=O) groups excluding carboxylic acids is 1. The van der Waals surface area contributed by atoms with Crippen LogP contribution in [0.1, 0.15) is 30.9 Å². The Kier molecular flexibility index (Phi) is 3.93. The van der Waals surface area contributed by atoms with Crippen molar-refractivity contribution in [3.05, 3.63) is 47.2 Å². The first-order valence-electron chi connectivity index (χ1n) is 7.39. The van der Waals surface area contributed by atoms with Crippen LogP contribution in [0.3, 0.4) is 0 Å². The van der Waals surface area contributed by atoms with Gasteiger partial charge in [-0.05, 0) is 25.1 Å². The van der Waals surface area contributed by atoms with Gasteiger partial charge in [-0.2, -0.15) is 5.26 Å². The van der Waals surface area contributed by atoms with Crippen LogP contribution in [0.2, 0.25) is 0 Å². The minimum atomic E-state index is -0.672. The molecule has 0 fully saturated rings. The lowest BCUT2D eigenvalue weighted by Crippen LogP contribution is -2.38. The smallest absolute Gasteiger partial charge is 0.159 e. The van der Waals surface area contributed by atoms with Gasteiger partial charge in [0.1, 0.15) is 17.3 Å². The molecule has 1 heterocycles. The summed E-state index contributed by atoms with van der Waals surface area (Å²) in [5.74, 6) is 1.92. The zero-order valence-corrected chi connectivity index (χ0v) is 13.1. The van der Waals surface area contributed by atoms with Crippen molar-refractivity contribution in [1.29, 1.82) is 5.26 Å². The standard InChI is InChI=1S/C18H17NO4/c1-18(11-21-2)9-17(22-14-5-4-13(20)8-14)15-7-12(10-19)3-6-16(15)23-18/h3,6-9H,4-5,11H2,1-2H3. The van der Waals surface area contributed by atoms with E-state index >= 15 is 0 Å². The van der Waals surface area contributed by atoms with Crippen LogP contribution in [0.5, 0.6) is 5.75 Å². The molecule has 23 heavy (non-hydrogen) atoms. The quantitative estimate of drug-likeness (QED) is 0.855. The molecule has 3 rings (SSSR count). The Hall–Kier alpha value is -2.58. The van der Waals surface area contributed by atoms with Crippen molar-refractivity contribution in [1.82, 2.24) is 0 Å². The Bertz CT molecular complexity index is 757. The van der Waals surface area contributed by atoms with Crippen LogP contribution in [0, 0.1) is 11.3 Å². The van der Waals surface area contributed by atoms with E-state index in [9.17, 15) is 4.79 Å². The second kappa shape index (κ2) is 5.90. The summed E-state index contributed by atoms with van der Waals surface area (Å²) in [6.07, 6.45) is 4.42. The number of rotatable bonds is 4. The molecule has 5 heteroatoms. The molecule has 1 aliphatic heterocycles. The van der Waals surface area contributed by atoms with Crippen LogP contribution in [-0.2, 0) is 14.3 Å². The summed E-state index contributed by atoms with van der Waals surface area (Å²) in [5, 5.41) is 9.10. The average molecular weight is 311 g/mol. The second-order valence-electron chi connectivity index (χ2n) is 5.86. The van der Waals surface area contributed by atoms with E-state index in [0.717, 1.165) is 0 Å². The third-order valence-corrected chi connectivity index (χ3v) is 3.77. The van der Waals surface area contributed by atoms with Gasteiger partial charge in [-0.25, -0.2) is 0 Å². The molecule has 0 bridgehead atoms.